The molecule has 7 rings (SSSR count). The second-order valence-corrected chi connectivity index (χ2v) is 13.7. The quantitative estimate of drug-likeness (QED) is 0.599. The zero-order valence-electron chi connectivity index (χ0n) is 21.1. The molecule has 0 aromatic rings. The summed E-state index contributed by atoms with van der Waals surface area (Å²) in [6.07, 6.45) is 8.17. The van der Waals surface area contributed by atoms with E-state index < -0.39 is 22.9 Å². The van der Waals surface area contributed by atoms with Crippen molar-refractivity contribution in [1.29, 1.82) is 0 Å². The number of fused-ring (bicyclic) bond motifs is 9. The molecule has 0 spiro atoms. The first-order valence-corrected chi connectivity index (χ1v) is 13.5. The van der Waals surface area contributed by atoms with Crippen LogP contribution in [0.15, 0.2) is 12.2 Å². The number of aliphatic hydroxyl groups excluding tert-OH is 1. The van der Waals surface area contributed by atoms with Crippen molar-refractivity contribution >= 4 is 5.78 Å². The monoisotopic (exact) mass is 472 g/mol. The van der Waals surface area contributed by atoms with E-state index in [-0.39, 0.29) is 41.0 Å². The molecule has 0 bridgehead atoms. The molecule has 6 fully saturated rings. The molecule has 0 amide bonds. The largest absolute Gasteiger partial charge is 0.386 e. The molecule has 0 aromatic heterocycles. The number of aliphatic hydroxyl groups is 2. The smallest absolute Gasteiger partial charge is 0.186 e. The molecule has 6 nitrogen and oxygen atoms in total. The van der Waals surface area contributed by atoms with Gasteiger partial charge in [-0.25, -0.2) is 0 Å². The summed E-state index contributed by atoms with van der Waals surface area (Å²) in [5.41, 5.74) is -2.55. The van der Waals surface area contributed by atoms with Crippen LogP contribution in [0.4, 0.5) is 0 Å². The van der Waals surface area contributed by atoms with Crippen molar-refractivity contribution in [3.05, 3.63) is 12.2 Å². The van der Waals surface area contributed by atoms with E-state index in [1.165, 1.54) is 0 Å². The van der Waals surface area contributed by atoms with Crippen molar-refractivity contribution < 1.29 is 29.2 Å². The first-order valence-electron chi connectivity index (χ1n) is 13.5. The third-order valence-corrected chi connectivity index (χ3v) is 12.7. The maximum Gasteiger partial charge on any atom is 0.186 e. The van der Waals surface area contributed by atoms with Gasteiger partial charge in [0, 0.05) is 6.42 Å². The highest BCUT2D eigenvalue weighted by Crippen LogP contribution is 2.72. The van der Waals surface area contributed by atoms with E-state index in [0.29, 0.717) is 30.1 Å². The average Bonchev–Trinajstić information content (AvgIpc) is 3.64. The van der Waals surface area contributed by atoms with Crippen LogP contribution in [-0.2, 0) is 19.0 Å². The fourth-order valence-electron chi connectivity index (χ4n) is 10.2. The molecular weight excluding hydrogens is 432 g/mol. The minimum Gasteiger partial charge on any atom is -0.386 e. The van der Waals surface area contributed by atoms with Gasteiger partial charge in [0.2, 0.25) is 0 Å². The van der Waals surface area contributed by atoms with Crippen molar-refractivity contribution in [1.82, 2.24) is 0 Å². The van der Waals surface area contributed by atoms with Crippen LogP contribution in [-0.4, -0.2) is 57.4 Å². The Bertz CT molecular complexity index is 980. The Labute approximate surface area is 202 Å². The van der Waals surface area contributed by atoms with Gasteiger partial charge < -0.3 is 24.4 Å². The summed E-state index contributed by atoms with van der Waals surface area (Å²) in [6, 6.07) is 0. The van der Waals surface area contributed by atoms with Crippen molar-refractivity contribution in [3.8, 4) is 0 Å². The van der Waals surface area contributed by atoms with E-state index in [4.69, 9.17) is 14.2 Å². The number of allylic oxidation sites excluding steroid dienone is 1. The lowest BCUT2D eigenvalue weighted by atomic mass is 9.43. The second kappa shape index (κ2) is 6.36. The lowest BCUT2D eigenvalue weighted by molar-refractivity contribution is -0.205. The van der Waals surface area contributed by atoms with Crippen LogP contribution in [0.2, 0.25) is 0 Å². The number of rotatable bonds is 2. The molecule has 0 radical (unpaired) electrons. The highest BCUT2D eigenvalue weighted by Gasteiger charge is 2.78. The number of hydrogen-bond acceptors (Lipinski definition) is 6. The van der Waals surface area contributed by atoms with Crippen molar-refractivity contribution in [2.24, 2.45) is 40.4 Å². The van der Waals surface area contributed by atoms with Gasteiger partial charge in [0.05, 0.1) is 17.6 Å². The first-order chi connectivity index (χ1) is 15.9. The Kier molecular flexibility index (Phi) is 4.20. The summed E-state index contributed by atoms with van der Waals surface area (Å²) in [5, 5.41) is 22.4. The molecule has 2 N–H and O–H groups in total. The van der Waals surface area contributed by atoms with Crippen LogP contribution in [0.25, 0.3) is 0 Å². The summed E-state index contributed by atoms with van der Waals surface area (Å²) in [6.45, 7) is 10.8. The molecule has 0 unspecified atom stereocenters. The van der Waals surface area contributed by atoms with E-state index in [0.717, 1.165) is 32.1 Å². The average molecular weight is 473 g/mol. The minimum atomic E-state index is -1.07. The number of carbonyl (C=O) groups is 1. The topological polar surface area (TPSA) is 91.8 Å². The Morgan fingerprint density at radius 2 is 1.85 bits per heavy atom. The standard InChI is InChI=1S/C28H40O6/c1-14(18-13-25(3)27(5,34-25)23(30)32-18)15-8-9-16-20-17(10-12-24(15,16)2)26(4)19(29)7-6-11-28(26,31)22-21(20)33-22/h6-7,14-18,20-23,30-31H,8-13H2,1-5H3/t14-,15-,16+,17-,18+,20+,21+,22+,23-,24-,25+,26+,27-,28+/m1/s1. The SMILES string of the molecule is C[C@@H]([C@@H]1C[C@]2(C)O[C@]2(C)[C@H](O)O1)[C@H]1CC[C@H]2[C@@H]3[C@@H]4O[C@@H]4[C@@]4(O)CC=CC(=O)[C@]4(C)[C@@H]3CC[C@]12C. The summed E-state index contributed by atoms with van der Waals surface area (Å²) in [5.74, 6) is 1.88. The third-order valence-electron chi connectivity index (χ3n) is 12.7. The molecule has 4 aliphatic carbocycles. The second-order valence-electron chi connectivity index (χ2n) is 13.7. The predicted molar refractivity (Wildman–Crippen MR) is 124 cm³/mol. The van der Waals surface area contributed by atoms with Gasteiger partial charge in [0.1, 0.15) is 22.9 Å². The van der Waals surface area contributed by atoms with Crippen LogP contribution in [0.5, 0.6) is 0 Å². The zero-order chi connectivity index (χ0) is 24.1. The lowest BCUT2D eigenvalue weighted by Gasteiger charge is -2.60. The molecule has 14 atom stereocenters. The Balaban J connectivity index is 1.18. The molecule has 7 aliphatic rings. The molecule has 3 aliphatic heterocycles. The number of epoxide rings is 2. The van der Waals surface area contributed by atoms with Crippen LogP contribution in [0, 0.1) is 40.4 Å². The zero-order valence-corrected chi connectivity index (χ0v) is 21.1. The van der Waals surface area contributed by atoms with E-state index in [9.17, 15) is 15.0 Å². The van der Waals surface area contributed by atoms with E-state index >= 15 is 0 Å². The van der Waals surface area contributed by atoms with Gasteiger partial charge in [-0.1, -0.05) is 19.9 Å². The van der Waals surface area contributed by atoms with Crippen molar-refractivity contribution in [2.75, 3.05) is 0 Å². The number of carbonyl (C=O) groups excluding carboxylic acids is 1. The highest BCUT2D eigenvalue weighted by atomic mass is 16.7. The van der Waals surface area contributed by atoms with Crippen LogP contribution >= 0.6 is 0 Å². The fraction of sp³-hybridized carbons (Fsp3) is 0.893. The van der Waals surface area contributed by atoms with Crippen molar-refractivity contribution in [3.63, 3.8) is 0 Å². The van der Waals surface area contributed by atoms with Crippen LogP contribution in [0.1, 0.15) is 73.1 Å². The summed E-state index contributed by atoms with van der Waals surface area (Å²) in [7, 11) is 0. The van der Waals surface area contributed by atoms with Gasteiger partial charge in [-0.15, -0.1) is 0 Å². The van der Waals surface area contributed by atoms with Crippen LogP contribution in [0.3, 0.4) is 0 Å². The summed E-state index contributed by atoms with van der Waals surface area (Å²) < 4.78 is 18.4. The minimum absolute atomic E-state index is 0.0159. The van der Waals surface area contributed by atoms with Gasteiger partial charge >= 0.3 is 0 Å². The maximum absolute atomic E-state index is 13.3. The summed E-state index contributed by atoms with van der Waals surface area (Å²) >= 11 is 0. The predicted octanol–water partition coefficient (Wildman–Crippen LogP) is 3.38. The normalized spacial score (nSPS) is 64.3. The number of hydrogen-bond donors (Lipinski definition) is 2. The molecular formula is C28H40O6. The maximum atomic E-state index is 13.3. The molecule has 6 heteroatoms. The van der Waals surface area contributed by atoms with Gasteiger partial charge in [-0.05, 0) is 94.0 Å². The van der Waals surface area contributed by atoms with E-state index in [2.05, 4.69) is 20.8 Å². The summed E-state index contributed by atoms with van der Waals surface area (Å²) in [4.78, 5) is 13.3. The first kappa shape index (κ1) is 22.4. The fourth-order valence-corrected chi connectivity index (χ4v) is 10.2. The molecule has 0 aromatic carbocycles. The Hall–Kier alpha value is -0.790. The number of ketones is 1. The lowest BCUT2D eigenvalue weighted by Crippen LogP contribution is -2.67. The van der Waals surface area contributed by atoms with Gasteiger partial charge in [0.15, 0.2) is 12.1 Å². The van der Waals surface area contributed by atoms with Crippen molar-refractivity contribution in [2.45, 2.75) is 115 Å². The molecule has 3 saturated heterocycles. The molecule has 3 heterocycles. The third kappa shape index (κ3) is 2.35. The van der Waals surface area contributed by atoms with Crippen LogP contribution < -0.4 is 0 Å². The van der Waals surface area contributed by atoms with E-state index in [1.807, 2.05) is 19.9 Å². The van der Waals surface area contributed by atoms with Gasteiger partial charge in [-0.3, -0.25) is 4.79 Å². The Morgan fingerprint density at radius 1 is 1.09 bits per heavy atom. The molecule has 34 heavy (non-hydrogen) atoms. The van der Waals surface area contributed by atoms with Gasteiger partial charge in [0.25, 0.3) is 0 Å². The molecule has 188 valence electrons. The Morgan fingerprint density at radius 3 is 2.59 bits per heavy atom. The number of ether oxygens (including phenoxy) is 3. The van der Waals surface area contributed by atoms with Gasteiger partial charge in [-0.2, -0.15) is 0 Å². The highest BCUT2D eigenvalue weighted by molar-refractivity contribution is 5.97. The molecule has 3 saturated carbocycles. The van der Waals surface area contributed by atoms with E-state index in [1.54, 1.807) is 6.08 Å².